The van der Waals surface area contributed by atoms with Gasteiger partial charge in [-0.1, -0.05) is 66.7 Å². The normalized spacial score (nSPS) is 10.8. The van der Waals surface area contributed by atoms with Crippen LogP contribution in [0.25, 0.3) is 6.08 Å². The van der Waals surface area contributed by atoms with Gasteiger partial charge in [0.15, 0.2) is 24.7 Å². The maximum Gasteiger partial charge on any atom is 0.186 e. The topological polar surface area (TPSA) is 20.9 Å². The number of carbonyl (C=O) groups excluding carboxylic acids is 1. The van der Waals surface area contributed by atoms with Crippen molar-refractivity contribution in [2.75, 3.05) is 0 Å². The summed E-state index contributed by atoms with van der Waals surface area (Å²) in [6.45, 7) is 0.801. The Labute approximate surface area is 136 Å². The third-order valence-electron chi connectivity index (χ3n) is 3.61. The minimum Gasteiger partial charge on any atom is -0.289 e. The molecule has 0 N–H and O–H groups in total. The van der Waals surface area contributed by atoms with Gasteiger partial charge in [-0.2, -0.15) is 0 Å². The SMILES string of the molecule is O=C(C=Cc1ccccc1)c1cc[n+](Cc2ccccc2)cc1. The average molecular weight is 300 g/mol. The van der Waals surface area contributed by atoms with Gasteiger partial charge in [0.25, 0.3) is 0 Å². The first-order valence-electron chi connectivity index (χ1n) is 7.62. The van der Waals surface area contributed by atoms with E-state index in [0.29, 0.717) is 5.56 Å². The van der Waals surface area contributed by atoms with Gasteiger partial charge in [0.1, 0.15) is 0 Å². The van der Waals surface area contributed by atoms with E-state index in [0.717, 1.165) is 12.1 Å². The molecule has 2 heteroatoms. The second-order valence-corrected chi connectivity index (χ2v) is 5.35. The van der Waals surface area contributed by atoms with E-state index in [1.807, 2.05) is 79.1 Å². The highest BCUT2D eigenvalue weighted by atomic mass is 16.1. The zero-order valence-corrected chi connectivity index (χ0v) is 12.8. The summed E-state index contributed by atoms with van der Waals surface area (Å²) in [6, 6.07) is 23.8. The van der Waals surface area contributed by atoms with Crippen molar-refractivity contribution < 1.29 is 9.36 Å². The molecule has 0 radical (unpaired) electrons. The Hall–Kier alpha value is -3.00. The van der Waals surface area contributed by atoms with Crippen LogP contribution in [0, 0.1) is 0 Å². The lowest BCUT2D eigenvalue weighted by Gasteiger charge is -1.99. The largest absolute Gasteiger partial charge is 0.289 e. The molecule has 0 aliphatic heterocycles. The van der Waals surface area contributed by atoms with E-state index >= 15 is 0 Å². The van der Waals surface area contributed by atoms with Gasteiger partial charge in [-0.15, -0.1) is 0 Å². The van der Waals surface area contributed by atoms with Crippen LogP contribution in [0.1, 0.15) is 21.5 Å². The Kier molecular flexibility index (Phi) is 4.75. The van der Waals surface area contributed by atoms with Gasteiger partial charge in [-0.25, -0.2) is 4.57 Å². The summed E-state index contributed by atoms with van der Waals surface area (Å²) in [5.41, 5.74) is 2.96. The van der Waals surface area contributed by atoms with Gasteiger partial charge >= 0.3 is 0 Å². The molecule has 0 saturated heterocycles. The highest BCUT2D eigenvalue weighted by molar-refractivity contribution is 6.06. The lowest BCUT2D eigenvalue weighted by molar-refractivity contribution is -0.688. The minimum atomic E-state index is 0.0146. The highest BCUT2D eigenvalue weighted by Gasteiger charge is 2.06. The summed E-state index contributed by atoms with van der Waals surface area (Å²) in [4.78, 5) is 12.2. The van der Waals surface area contributed by atoms with E-state index in [-0.39, 0.29) is 5.78 Å². The van der Waals surface area contributed by atoms with Crippen LogP contribution in [-0.2, 0) is 6.54 Å². The number of aromatic nitrogens is 1. The Balaban J connectivity index is 1.67. The standard InChI is InChI=1S/C21H18NO/c23-21(12-11-18-7-3-1-4-8-18)20-13-15-22(16-14-20)17-19-9-5-2-6-10-19/h1-16H,17H2/q+1. The maximum absolute atomic E-state index is 12.2. The second kappa shape index (κ2) is 7.32. The summed E-state index contributed by atoms with van der Waals surface area (Å²) in [7, 11) is 0. The highest BCUT2D eigenvalue weighted by Crippen LogP contribution is 2.05. The number of rotatable bonds is 5. The van der Waals surface area contributed by atoms with Crippen molar-refractivity contribution in [3.8, 4) is 0 Å². The molecule has 0 aliphatic rings. The van der Waals surface area contributed by atoms with Gasteiger partial charge in [0.05, 0.1) is 0 Å². The van der Waals surface area contributed by atoms with Crippen molar-refractivity contribution in [3.05, 3.63) is 108 Å². The van der Waals surface area contributed by atoms with Crippen molar-refractivity contribution in [1.29, 1.82) is 0 Å². The molecule has 3 aromatic rings. The molecule has 23 heavy (non-hydrogen) atoms. The van der Waals surface area contributed by atoms with Crippen molar-refractivity contribution in [3.63, 3.8) is 0 Å². The number of hydrogen-bond donors (Lipinski definition) is 0. The van der Waals surface area contributed by atoms with Crippen LogP contribution >= 0.6 is 0 Å². The molecule has 1 heterocycles. The molecule has 0 spiro atoms. The van der Waals surface area contributed by atoms with E-state index in [1.165, 1.54) is 5.56 Å². The van der Waals surface area contributed by atoms with E-state index in [4.69, 9.17) is 0 Å². The van der Waals surface area contributed by atoms with Crippen molar-refractivity contribution in [2.45, 2.75) is 6.54 Å². The molecule has 2 aromatic carbocycles. The molecule has 0 aliphatic carbocycles. The molecule has 0 fully saturated rings. The first-order chi connectivity index (χ1) is 11.3. The van der Waals surface area contributed by atoms with Crippen molar-refractivity contribution in [2.24, 2.45) is 0 Å². The van der Waals surface area contributed by atoms with Gasteiger partial charge < -0.3 is 0 Å². The minimum absolute atomic E-state index is 0.0146. The monoisotopic (exact) mass is 300 g/mol. The molecule has 1 aromatic heterocycles. The van der Waals surface area contributed by atoms with E-state index < -0.39 is 0 Å². The molecule has 0 saturated carbocycles. The van der Waals surface area contributed by atoms with Crippen LogP contribution in [-0.4, -0.2) is 5.78 Å². The molecule has 112 valence electrons. The molecule has 0 atom stereocenters. The molecule has 0 unspecified atom stereocenters. The summed E-state index contributed by atoms with van der Waals surface area (Å²) in [6.07, 6.45) is 7.34. The lowest BCUT2D eigenvalue weighted by atomic mass is 10.1. The van der Waals surface area contributed by atoms with E-state index in [2.05, 4.69) is 16.7 Å². The fourth-order valence-electron chi connectivity index (χ4n) is 2.35. The van der Waals surface area contributed by atoms with Crippen molar-refractivity contribution in [1.82, 2.24) is 0 Å². The average Bonchev–Trinajstić information content (AvgIpc) is 2.62. The molecule has 0 amide bonds. The van der Waals surface area contributed by atoms with Gasteiger partial charge in [0, 0.05) is 23.3 Å². The predicted molar refractivity (Wildman–Crippen MR) is 92.0 cm³/mol. The Morgan fingerprint density at radius 1 is 0.826 bits per heavy atom. The summed E-state index contributed by atoms with van der Waals surface area (Å²) < 4.78 is 2.06. The van der Waals surface area contributed by atoms with Crippen LogP contribution in [0.15, 0.2) is 91.3 Å². The van der Waals surface area contributed by atoms with Crippen LogP contribution in [0.4, 0.5) is 0 Å². The third-order valence-corrected chi connectivity index (χ3v) is 3.61. The van der Waals surface area contributed by atoms with Gasteiger partial charge in [0.2, 0.25) is 0 Å². The smallest absolute Gasteiger partial charge is 0.186 e. The van der Waals surface area contributed by atoms with Crippen LogP contribution < -0.4 is 4.57 Å². The fraction of sp³-hybridized carbons (Fsp3) is 0.0476. The van der Waals surface area contributed by atoms with Crippen LogP contribution in [0.2, 0.25) is 0 Å². The Morgan fingerprint density at radius 2 is 1.43 bits per heavy atom. The Bertz CT molecular complexity index is 790. The zero-order valence-electron chi connectivity index (χ0n) is 12.8. The van der Waals surface area contributed by atoms with Crippen LogP contribution in [0.5, 0.6) is 0 Å². The number of benzene rings is 2. The molecule has 2 nitrogen and oxygen atoms in total. The molecular formula is C21H18NO+. The summed E-state index contributed by atoms with van der Waals surface area (Å²) >= 11 is 0. The van der Waals surface area contributed by atoms with Gasteiger partial charge in [-0.3, -0.25) is 4.79 Å². The van der Waals surface area contributed by atoms with Gasteiger partial charge in [-0.05, 0) is 11.6 Å². The molecule has 3 rings (SSSR count). The number of pyridine rings is 1. The zero-order chi connectivity index (χ0) is 15.9. The number of allylic oxidation sites excluding steroid dienone is 1. The summed E-state index contributed by atoms with van der Waals surface area (Å²) in [5.74, 6) is 0.0146. The quantitative estimate of drug-likeness (QED) is 0.397. The number of nitrogens with zero attached hydrogens (tertiary/aromatic N) is 1. The Morgan fingerprint density at radius 3 is 2.09 bits per heavy atom. The van der Waals surface area contributed by atoms with Crippen LogP contribution in [0.3, 0.4) is 0 Å². The number of carbonyl (C=O) groups is 1. The summed E-state index contributed by atoms with van der Waals surface area (Å²) in [5, 5.41) is 0. The number of hydrogen-bond acceptors (Lipinski definition) is 1. The molecular weight excluding hydrogens is 282 g/mol. The van der Waals surface area contributed by atoms with E-state index in [1.54, 1.807) is 6.08 Å². The number of ketones is 1. The maximum atomic E-state index is 12.2. The lowest BCUT2D eigenvalue weighted by Crippen LogP contribution is -2.33. The first-order valence-corrected chi connectivity index (χ1v) is 7.62. The fourth-order valence-corrected chi connectivity index (χ4v) is 2.35. The van der Waals surface area contributed by atoms with Crippen molar-refractivity contribution >= 4 is 11.9 Å². The first kappa shape index (κ1) is 14.9. The van der Waals surface area contributed by atoms with E-state index in [9.17, 15) is 4.79 Å². The third kappa shape index (κ3) is 4.24. The predicted octanol–water partition coefficient (Wildman–Crippen LogP) is 3.92. The molecule has 0 bridgehead atoms. The second-order valence-electron chi connectivity index (χ2n) is 5.35.